The molecule has 4 atom stereocenters. The Kier molecular flexibility index (Phi) is 6.82. The van der Waals surface area contributed by atoms with E-state index in [0.29, 0.717) is 19.4 Å². The molecule has 2 aromatic rings. The average Bonchev–Trinajstić information content (AvgIpc) is 3.44. The van der Waals surface area contributed by atoms with Crippen LogP contribution >= 0.6 is 0 Å². The van der Waals surface area contributed by atoms with Crippen LogP contribution in [0.25, 0.3) is 11.3 Å². The predicted molar refractivity (Wildman–Crippen MR) is 125 cm³/mol. The Morgan fingerprint density at radius 3 is 2.66 bits per heavy atom. The van der Waals surface area contributed by atoms with Crippen molar-refractivity contribution in [1.29, 1.82) is 0 Å². The van der Waals surface area contributed by atoms with Crippen molar-refractivity contribution in [3.63, 3.8) is 0 Å². The third kappa shape index (κ3) is 5.07. The number of likely N-dealkylation sites (tertiary alicyclic amines) is 1. The first-order valence-corrected chi connectivity index (χ1v) is 12.6. The van der Waals surface area contributed by atoms with Gasteiger partial charge in [-0.3, -0.25) is 14.7 Å². The Morgan fingerprint density at radius 2 is 2.00 bits per heavy atom. The highest BCUT2D eigenvalue weighted by molar-refractivity contribution is 5.94. The predicted octanol–water partition coefficient (Wildman–Crippen LogP) is 3.21. The van der Waals surface area contributed by atoms with E-state index in [9.17, 15) is 32.3 Å². The molecule has 2 saturated carbocycles. The topological polar surface area (TPSA) is 120 Å². The van der Waals surface area contributed by atoms with Crippen molar-refractivity contribution >= 4 is 11.8 Å². The number of nitrogens with one attached hydrogen (secondary N) is 2. The van der Waals surface area contributed by atoms with E-state index in [-0.39, 0.29) is 59.8 Å². The number of hydrogen-bond donors (Lipinski definition) is 3. The van der Waals surface area contributed by atoms with E-state index in [0.717, 1.165) is 19.0 Å². The molecule has 3 aliphatic rings. The Bertz CT molecular complexity index is 1210. The van der Waals surface area contributed by atoms with Gasteiger partial charge < -0.3 is 20.1 Å². The van der Waals surface area contributed by atoms with Crippen LogP contribution in [0.15, 0.2) is 18.3 Å². The van der Waals surface area contributed by atoms with Gasteiger partial charge in [-0.2, -0.15) is 18.3 Å². The van der Waals surface area contributed by atoms with Crippen LogP contribution in [0.1, 0.15) is 55.4 Å². The van der Waals surface area contributed by atoms with Gasteiger partial charge in [-0.1, -0.05) is 0 Å². The van der Waals surface area contributed by atoms with Gasteiger partial charge in [0, 0.05) is 35.7 Å². The molecule has 1 saturated heterocycles. The number of rotatable bonds is 5. The molecule has 38 heavy (non-hydrogen) atoms. The summed E-state index contributed by atoms with van der Waals surface area (Å²) < 4.78 is 58.4. The zero-order valence-corrected chi connectivity index (χ0v) is 20.7. The van der Waals surface area contributed by atoms with Gasteiger partial charge in [0.1, 0.15) is 5.69 Å². The lowest BCUT2D eigenvalue weighted by molar-refractivity contribution is -0.209. The molecule has 3 fully saturated rings. The summed E-state index contributed by atoms with van der Waals surface area (Å²) in [6, 6.07) is 2.35. The molecule has 0 radical (unpaired) electrons. The molecule has 13 heteroatoms. The molecule has 206 valence electrons. The highest BCUT2D eigenvalue weighted by atomic mass is 19.4. The lowest BCUT2D eigenvalue weighted by Crippen LogP contribution is -2.53. The molecule has 3 heterocycles. The number of aliphatic hydroxyl groups excluding tert-OH is 1. The third-order valence-corrected chi connectivity index (χ3v) is 8.05. The maximum Gasteiger partial charge on any atom is 0.394 e. The first-order chi connectivity index (χ1) is 18.0. The number of pyridine rings is 1. The summed E-state index contributed by atoms with van der Waals surface area (Å²) in [6.07, 6.45) is -2.88. The van der Waals surface area contributed by atoms with E-state index >= 15 is 0 Å². The largest absolute Gasteiger partial charge is 0.481 e. The van der Waals surface area contributed by atoms with E-state index in [1.54, 1.807) is 4.90 Å². The number of halogens is 4. The summed E-state index contributed by atoms with van der Waals surface area (Å²) in [6.45, 7) is 0.326. The van der Waals surface area contributed by atoms with Gasteiger partial charge in [0.15, 0.2) is 5.82 Å². The number of aliphatic hydroxyl groups is 1. The number of H-pyrrole nitrogens is 1. The van der Waals surface area contributed by atoms with Gasteiger partial charge in [0.2, 0.25) is 11.8 Å². The molecule has 3 N–H and O–H groups in total. The summed E-state index contributed by atoms with van der Waals surface area (Å²) in [5.74, 6) is -3.10. The van der Waals surface area contributed by atoms with E-state index < -0.39 is 35.6 Å². The van der Waals surface area contributed by atoms with Gasteiger partial charge in [0.25, 0.3) is 5.91 Å². The standard InChI is InChI=1S/C25H29F4N5O4/c1-38-21-9-15(17(26)12-30-21)18-10-19(33-32-18)23(37)34-7-4-13(11-24(34)5-6-24)22(36)31-14-2-3-16(20(35)8-14)25(27,28)29/h9-10,12-14,16,20,35H,2-8,11H2,1H3,(H,31,36)(H,32,33). The Morgan fingerprint density at radius 1 is 1.24 bits per heavy atom. The number of carbonyl (C=O) groups is 2. The second-order valence-electron chi connectivity index (χ2n) is 10.5. The summed E-state index contributed by atoms with van der Waals surface area (Å²) >= 11 is 0. The van der Waals surface area contributed by atoms with Crippen molar-refractivity contribution in [1.82, 2.24) is 25.4 Å². The highest BCUT2D eigenvalue weighted by Crippen LogP contribution is 2.50. The van der Waals surface area contributed by atoms with Gasteiger partial charge in [-0.15, -0.1) is 0 Å². The molecule has 2 amide bonds. The molecule has 0 bridgehead atoms. The smallest absolute Gasteiger partial charge is 0.394 e. The molecule has 9 nitrogen and oxygen atoms in total. The first-order valence-electron chi connectivity index (χ1n) is 12.6. The fraction of sp³-hybridized carbons (Fsp3) is 0.600. The van der Waals surface area contributed by atoms with Crippen molar-refractivity contribution in [2.75, 3.05) is 13.7 Å². The number of aromatic amines is 1. The molecule has 0 aromatic carbocycles. The zero-order chi connectivity index (χ0) is 27.2. The monoisotopic (exact) mass is 539 g/mol. The number of carbonyl (C=O) groups excluding carboxylic acids is 2. The third-order valence-electron chi connectivity index (χ3n) is 8.05. The van der Waals surface area contributed by atoms with Gasteiger partial charge in [-0.05, 0) is 51.0 Å². The Hall–Kier alpha value is -3.22. The van der Waals surface area contributed by atoms with Crippen LogP contribution in [0.5, 0.6) is 5.88 Å². The molecular formula is C25H29F4N5O4. The molecule has 5 rings (SSSR count). The van der Waals surface area contributed by atoms with Crippen LogP contribution in [-0.4, -0.2) is 74.5 Å². The summed E-state index contributed by atoms with van der Waals surface area (Å²) in [4.78, 5) is 31.9. The van der Waals surface area contributed by atoms with Crippen molar-refractivity contribution in [3.05, 3.63) is 29.8 Å². The number of methoxy groups -OCH3 is 1. The SMILES string of the molecule is COc1cc(-c2cc(C(=O)N3CCC(C(=O)NC4CCC(C(F)(F)F)C(O)C4)CC34CC4)[nH]n2)c(F)cn1. The number of ether oxygens (including phenoxy) is 1. The van der Waals surface area contributed by atoms with Crippen LogP contribution in [0.4, 0.5) is 17.6 Å². The minimum atomic E-state index is -4.46. The van der Waals surface area contributed by atoms with Crippen molar-refractivity contribution in [2.24, 2.45) is 11.8 Å². The number of piperidine rings is 1. The fourth-order valence-corrected chi connectivity index (χ4v) is 5.77. The molecular weight excluding hydrogens is 510 g/mol. The van der Waals surface area contributed by atoms with E-state index in [1.807, 2.05) is 0 Å². The van der Waals surface area contributed by atoms with E-state index in [1.165, 1.54) is 19.2 Å². The lowest BCUT2D eigenvalue weighted by Gasteiger charge is -2.40. The Labute approximate surface area is 215 Å². The molecule has 4 unspecified atom stereocenters. The Balaban J connectivity index is 1.21. The van der Waals surface area contributed by atoms with Crippen LogP contribution in [0.2, 0.25) is 0 Å². The highest BCUT2D eigenvalue weighted by Gasteiger charge is 2.55. The van der Waals surface area contributed by atoms with E-state index in [2.05, 4.69) is 20.5 Å². The fourth-order valence-electron chi connectivity index (χ4n) is 5.77. The molecule has 1 aliphatic heterocycles. The molecule has 1 spiro atoms. The van der Waals surface area contributed by atoms with Crippen molar-refractivity contribution in [3.8, 4) is 17.1 Å². The normalized spacial score (nSPS) is 26.7. The maximum absolute atomic E-state index is 14.3. The maximum atomic E-state index is 14.3. The lowest BCUT2D eigenvalue weighted by atomic mass is 9.82. The van der Waals surface area contributed by atoms with Crippen molar-refractivity contribution < 1.29 is 37.0 Å². The minimum absolute atomic E-state index is 0.134. The zero-order valence-electron chi connectivity index (χ0n) is 20.7. The van der Waals surface area contributed by atoms with Crippen LogP contribution in [0, 0.1) is 17.7 Å². The van der Waals surface area contributed by atoms with Crippen LogP contribution in [0.3, 0.4) is 0 Å². The van der Waals surface area contributed by atoms with Gasteiger partial charge in [-0.25, -0.2) is 9.37 Å². The number of nitrogens with zero attached hydrogens (tertiary/aromatic N) is 3. The summed E-state index contributed by atoms with van der Waals surface area (Å²) in [5.41, 5.74) is 0.0900. The quantitative estimate of drug-likeness (QED) is 0.502. The molecule has 2 aromatic heterocycles. The molecule has 2 aliphatic carbocycles. The van der Waals surface area contributed by atoms with Gasteiger partial charge in [0.05, 0.1) is 31.0 Å². The van der Waals surface area contributed by atoms with Crippen molar-refractivity contribution in [2.45, 2.75) is 68.8 Å². The minimum Gasteiger partial charge on any atom is -0.481 e. The number of hydrogen-bond acceptors (Lipinski definition) is 6. The average molecular weight is 540 g/mol. The van der Waals surface area contributed by atoms with Gasteiger partial charge >= 0.3 is 6.18 Å². The number of amides is 2. The van der Waals surface area contributed by atoms with Crippen LogP contribution < -0.4 is 10.1 Å². The van der Waals surface area contributed by atoms with Crippen LogP contribution in [-0.2, 0) is 4.79 Å². The van der Waals surface area contributed by atoms with E-state index in [4.69, 9.17) is 4.74 Å². The second-order valence-corrected chi connectivity index (χ2v) is 10.5. The number of aromatic nitrogens is 3. The number of alkyl halides is 3. The summed E-state index contributed by atoms with van der Waals surface area (Å²) in [7, 11) is 1.41. The first kappa shape index (κ1) is 26.4. The second kappa shape index (κ2) is 9.83. The summed E-state index contributed by atoms with van der Waals surface area (Å²) in [5, 5.41) is 19.6.